The van der Waals surface area contributed by atoms with E-state index in [4.69, 9.17) is 4.74 Å². The molecule has 0 spiro atoms. The number of rotatable bonds is 5. The molecule has 0 saturated carbocycles. The minimum atomic E-state index is -0.0217. The molecule has 0 aromatic heterocycles. The summed E-state index contributed by atoms with van der Waals surface area (Å²) >= 11 is 0. The summed E-state index contributed by atoms with van der Waals surface area (Å²) in [5.41, 5.74) is 0. The van der Waals surface area contributed by atoms with E-state index in [1.165, 1.54) is 0 Å². The fraction of sp³-hybridized carbons (Fsp3) is 0.889. The predicted molar refractivity (Wildman–Crippen MR) is 49.0 cm³/mol. The molecule has 0 bridgehead atoms. The summed E-state index contributed by atoms with van der Waals surface area (Å²) in [5, 5.41) is 0. The van der Waals surface area contributed by atoms with Crippen molar-refractivity contribution in [1.82, 2.24) is 4.90 Å². The molecule has 3 nitrogen and oxygen atoms in total. The second kappa shape index (κ2) is 6.00. The number of hydrogen-bond acceptors (Lipinski definition) is 2. The van der Waals surface area contributed by atoms with Gasteiger partial charge in [-0.25, -0.2) is 0 Å². The van der Waals surface area contributed by atoms with E-state index in [-0.39, 0.29) is 11.8 Å². The molecule has 1 atom stereocenters. The van der Waals surface area contributed by atoms with Crippen LogP contribution in [0.5, 0.6) is 0 Å². The van der Waals surface area contributed by atoms with E-state index < -0.39 is 0 Å². The van der Waals surface area contributed by atoms with Crippen LogP contribution in [0.1, 0.15) is 20.3 Å². The maximum atomic E-state index is 11.5. The molecule has 1 unspecified atom stereocenters. The first-order valence-corrected chi connectivity index (χ1v) is 4.37. The van der Waals surface area contributed by atoms with Crippen LogP contribution in [0.25, 0.3) is 0 Å². The Kier molecular flexibility index (Phi) is 5.72. The Balaban J connectivity index is 3.82. The Labute approximate surface area is 74.7 Å². The van der Waals surface area contributed by atoms with E-state index in [9.17, 15) is 4.79 Å². The van der Waals surface area contributed by atoms with Crippen LogP contribution < -0.4 is 0 Å². The Hall–Kier alpha value is -0.570. The van der Waals surface area contributed by atoms with Crippen molar-refractivity contribution in [2.24, 2.45) is 5.92 Å². The van der Waals surface area contributed by atoms with Crippen LogP contribution in [0.3, 0.4) is 0 Å². The zero-order valence-corrected chi connectivity index (χ0v) is 8.46. The molecule has 1 amide bonds. The molecule has 0 aliphatic heterocycles. The first-order valence-electron chi connectivity index (χ1n) is 4.37. The van der Waals surface area contributed by atoms with Crippen molar-refractivity contribution in [3.05, 3.63) is 0 Å². The lowest BCUT2D eigenvalue weighted by Crippen LogP contribution is -2.34. The van der Waals surface area contributed by atoms with Crippen LogP contribution in [0, 0.1) is 5.92 Å². The van der Waals surface area contributed by atoms with Crippen LogP contribution in [0.15, 0.2) is 0 Å². The second-order valence-corrected chi connectivity index (χ2v) is 3.12. The largest absolute Gasteiger partial charge is 0.384 e. The zero-order valence-electron chi connectivity index (χ0n) is 8.46. The molecule has 0 N–H and O–H groups in total. The number of carbonyl (C=O) groups excluding carboxylic acids is 1. The van der Waals surface area contributed by atoms with Gasteiger partial charge in [0, 0.05) is 20.7 Å². The fourth-order valence-corrected chi connectivity index (χ4v) is 1.14. The van der Waals surface area contributed by atoms with Gasteiger partial charge >= 0.3 is 0 Å². The molecule has 0 saturated heterocycles. The van der Waals surface area contributed by atoms with Crippen molar-refractivity contribution in [2.75, 3.05) is 27.3 Å². The van der Waals surface area contributed by atoms with Gasteiger partial charge in [0.15, 0.2) is 0 Å². The van der Waals surface area contributed by atoms with Crippen molar-refractivity contribution in [3.63, 3.8) is 0 Å². The van der Waals surface area contributed by atoms with E-state index in [1.54, 1.807) is 12.0 Å². The molecule has 0 radical (unpaired) electrons. The van der Waals surface area contributed by atoms with Crippen molar-refractivity contribution < 1.29 is 9.53 Å². The summed E-state index contributed by atoms with van der Waals surface area (Å²) < 4.78 is 4.91. The molecule has 12 heavy (non-hydrogen) atoms. The SMILES string of the molecule is CCCN(C)C(=O)C(C)COC. The molecule has 0 rings (SSSR count). The smallest absolute Gasteiger partial charge is 0.227 e. The van der Waals surface area contributed by atoms with Crippen LogP contribution in [-0.2, 0) is 9.53 Å². The summed E-state index contributed by atoms with van der Waals surface area (Å²) in [7, 11) is 3.45. The Bertz CT molecular complexity index is 122. The topological polar surface area (TPSA) is 29.5 Å². The highest BCUT2D eigenvalue weighted by molar-refractivity contribution is 5.78. The van der Waals surface area contributed by atoms with E-state index in [0.717, 1.165) is 13.0 Å². The molecule has 0 aromatic rings. The van der Waals surface area contributed by atoms with E-state index in [2.05, 4.69) is 6.92 Å². The van der Waals surface area contributed by atoms with Gasteiger partial charge in [-0.15, -0.1) is 0 Å². The van der Waals surface area contributed by atoms with Gasteiger partial charge in [-0.05, 0) is 6.42 Å². The molecule has 3 heteroatoms. The minimum Gasteiger partial charge on any atom is -0.384 e. The summed E-state index contributed by atoms with van der Waals surface area (Å²) in [6, 6.07) is 0. The maximum Gasteiger partial charge on any atom is 0.227 e. The van der Waals surface area contributed by atoms with Crippen molar-refractivity contribution in [1.29, 1.82) is 0 Å². The normalized spacial score (nSPS) is 12.7. The number of carbonyl (C=O) groups is 1. The third-order valence-electron chi connectivity index (χ3n) is 1.77. The summed E-state index contributed by atoms with van der Waals surface area (Å²) in [6.07, 6.45) is 1.00. The van der Waals surface area contributed by atoms with Gasteiger partial charge in [0.25, 0.3) is 0 Å². The number of nitrogens with zero attached hydrogens (tertiary/aromatic N) is 1. The Morgan fingerprint density at radius 2 is 2.17 bits per heavy atom. The number of amides is 1. The van der Waals surface area contributed by atoms with Gasteiger partial charge in [-0.2, -0.15) is 0 Å². The Morgan fingerprint density at radius 1 is 1.58 bits per heavy atom. The average Bonchev–Trinajstić information content (AvgIpc) is 2.04. The van der Waals surface area contributed by atoms with Gasteiger partial charge in [0.1, 0.15) is 0 Å². The van der Waals surface area contributed by atoms with Crippen LogP contribution in [0.4, 0.5) is 0 Å². The molecular weight excluding hydrogens is 154 g/mol. The van der Waals surface area contributed by atoms with Crippen molar-refractivity contribution >= 4 is 5.91 Å². The third kappa shape index (κ3) is 3.72. The second-order valence-electron chi connectivity index (χ2n) is 3.12. The van der Waals surface area contributed by atoms with Crippen molar-refractivity contribution in [3.8, 4) is 0 Å². The molecular formula is C9H19NO2. The van der Waals surface area contributed by atoms with Crippen LogP contribution >= 0.6 is 0 Å². The summed E-state index contributed by atoms with van der Waals surface area (Å²) in [6.45, 7) is 5.28. The summed E-state index contributed by atoms with van der Waals surface area (Å²) in [5.74, 6) is 0.144. The first kappa shape index (κ1) is 11.4. The van der Waals surface area contributed by atoms with Crippen LogP contribution in [-0.4, -0.2) is 38.1 Å². The van der Waals surface area contributed by atoms with Crippen molar-refractivity contribution in [2.45, 2.75) is 20.3 Å². The zero-order chi connectivity index (χ0) is 9.56. The van der Waals surface area contributed by atoms with Gasteiger partial charge in [0.2, 0.25) is 5.91 Å². The lowest BCUT2D eigenvalue weighted by molar-refractivity contribution is -0.135. The number of hydrogen-bond donors (Lipinski definition) is 0. The molecule has 0 aliphatic rings. The number of ether oxygens (including phenoxy) is 1. The highest BCUT2D eigenvalue weighted by Crippen LogP contribution is 2.01. The quantitative estimate of drug-likeness (QED) is 0.624. The van der Waals surface area contributed by atoms with Gasteiger partial charge in [-0.3, -0.25) is 4.79 Å². The minimum absolute atomic E-state index is 0.0217. The third-order valence-corrected chi connectivity index (χ3v) is 1.77. The molecule has 0 aliphatic carbocycles. The highest BCUT2D eigenvalue weighted by atomic mass is 16.5. The summed E-state index contributed by atoms with van der Waals surface area (Å²) in [4.78, 5) is 13.2. The van der Waals surface area contributed by atoms with E-state index >= 15 is 0 Å². The standard InChI is InChI=1S/C9H19NO2/c1-5-6-10(3)9(11)8(2)7-12-4/h8H,5-7H2,1-4H3. The lowest BCUT2D eigenvalue weighted by atomic mass is 10.1. The molecule has 72 valence electrons. The molecule has 0 heterocycles. The van der Waals surface area contributed by atoms with Gasteiger partial charge < -0.3 is 9.64 Å². The maximum absolute atomic E-state index is 11.5. The van der Waals surface area contributed by atoms with E-state index in [0.29, 0.717) is 6.61 Å². The van der Waals surface area contributed by atoms with E-state index in [1.807, 2.05) is 14.0 Å². The van der Waals surface area contributed by atoms with Gasteiger partial charge in [-0.1, -0.05) is 13.8 Å². The first-order chi connectivity index (χ1) is 5.63. The highest BCUT2D eigenvalue weighted by Gasteiger charge is 2.15. The predicted octanol–water partition coefficient (Wildman–Crippen LogP) is 1.14. The van der Waals surface area contributed by atoms with Gasteiger partial charge in [0.05, 0.1) is 12.5 Å². The number of methoxy groups -OCH3 is 1. The monoisotopic (exact) mass is 173 g/mol. The fourth-order valence-electron chi connectivity index (χ4n) is 1.14. The average molecular weight is 173 g/mol. The Morgan fingerprint density at radius 3 is 2.58 bits per heavy atom. The lowest BCUT2D eigenvalue weighted by Gasteiger charge is -2.20. The molecule has 0 fully saturated rings. The molecule has 0 aromatic carbocycles. The van der Waals surface area contributed by atoms with Crippen LogP contribution in [0.2, 0.25) is 0 Å².